The Bertz CT molecular complexity index is 427. The molecule has 0 amide bonds. The summed E-state index contributed by atoms with van der Waals surface area (Å²) in [5.74, 6) is 0.190. The first-order valence-electron chi connectivity index (χ1n) is 6.33. The Morgan fingerprint density at radius 3 is 2.61 bits per heavy atom. The molecule has 1 aliphatic carbocycles. The van der Waals surface area contributed by atoms with Crippen LogP contribution in [0.2, 0.25) is 0 Å². The fourth-order valence-electron chi connectivity index (χ4n) is 2.92. The van der Waals surface area contributed by atoms with Crippen molar-refractivity contribution >= 4 is 0 Å². The minimum absolute atomic E-state index is 0.114. The van der Waals surface area contributed by atoms with Crippen molar-refractivity contribution in [2.75, 3.05) is 6.54 Å². The van der Waals surface area contributed by atoms with Crippen LogP contribution in [0.25, 0.3) is 0 Å². The molecule has 0 saturated heterocycles. The third-order valence-electron chi connectivity index (χ3n) is 3.87. The van der Waals surface area contributed by atoms with Gasteiger partial charge < -0.3 is 5.32 Å². The van der Waals surface area contributed by atoms with Gasteiger partial charge in [-0.3, -0.25) is 0 Å². The van der Waals surface area contributed by atoms with Crippen molar-refractivity contribution in [2.24, 2.45) is 0 Å². The number of benzene rings is 1. The molecule has 1 aromatic carbocycles. The molecule has 0 aromatic heterocycles. The summed E-state index contributed by atoms with van der Waals surface area (Å²) in [5, 5.41) is 2.69. The zero-order chi connectivity index (χ0) is 13.4. The van der Waals surface area contributed by atoms with Gasteiger partial charge in [-0.1, -0.05) is 38.1 Å². The van der Waals surface area contributed by atoms with E-state index in [1.807, 2.05) is 19.1 Å². The summed E-state index contributed by atoms with van der Waals surface area (Å²) in [6, 6.07) is 6.93. The van der Waals surface area contributed by atoms with Gasteiger partial charge >= 0.3 is 6.18 Å². The van der Waals surface area contributed by atoms with E-state index in [1.165, 1.54) is 0 Å². The third-order valence-corrected chi connectivity index (χ3v) is 3.87. The van der Waals surface area contributed by atoms with Gasteiger partial charge in [0.25, 0.3) is 0 Å². The molecule has 4 heteroatoms. The molecule has 0 spiro atoms. The highest BCUT2D eigenvalue weighted by Crippen LogP contribution is 2.49. The monoisotopic (exact) mass is 257 g/mol. The summed E-state index contributed by atoms with van der Waals surface area (Å²) >= 11 is 0. The maximum atomic E-state index is 13.5. The zero-order valence-electron chi connectivity index (χ0n) is 10.6. The lowest BCUT2D eigenvalue weighted by Gasteiger charge is -2.43. The zero-order valence-corrected chi connectivity index (χ0v) is 10.6. The normalized spacial score (nSPS) is 27.9. The first kappa shape index (κ1) is 13.4. The van der Waals surface area contributed by atoms with Crippen molar-refractivity contribution in [2.45, 2.75) is 44.3 Å². The quantitative estimate of drug-likeness (QED) is 0.845. The summed E-state index contributed by atoms with van der Waals surface area (Å²) in [4.78, 5) is 0. The summed E-state index contributed by atoms with van der Waals surface area (Å²) in [5.41, 5.74) is -0.648. The Morgan fingerprint density at radius 2 is 2.00 bits per heavy atom. The molecule has 0 fully saturated rings. The van der Waals surface area contributed by atoms with Crippen molar-refractivity contribution in [1.29, 1.82) is 0 Å². The predicted molar refractivity (Wildman–Crippen MR) is 65.5 cm³/mol. The van der Waals surface area contributed by atoms with Gasteiger partial charge in [-0.2, -0.15) is 13.2 Å². The van der Waals surface area contributed by atoms with Crippen molar-refractivity contribution in [3.63, 3.8) is 0 Å². The van der Waals surface area contributed by atoms with Crippen LogP contribution in [0.1, 0.15) is 43.7 Å². The first-order valence-corrected chi connectivity index (χ1v) is 6.33. The molecule has 2 rings (SSSR count). The van der Waals surface area contributed by atoms with Gasteiger partial charge in [-0.05, 0) is 36.4 Å². The molecular formula is C14H18F3N. The van der Waals surface area contributed by atoms with E-state index in [0.29, 0.717) is 18.5 Å². The van der Waals surface area contributed by atoms with Gasteiger partial charge in [0.1, 0.15) is 5.54 Å². The molecule has 0 heterocycles. The maximum absolute atomic E-state index is 13.5. The van der Waals surface area contributed by atoms with Crippen LogP contribution >= 0.6 is 0 Å². The summed E-state index contributed by atoms with van der Waals surface area (Å²) in [7, 11) is 0. The lowest BCUT2D eigenvalue weighted by molar-refractivity contribution is -0.205. The van der Waals surface area contributed by atoms with Crippen molar-refractivity contribution in [3.8, 4) is 0 Å². The highest BCUT2D eigenvalue weighted by Gasteiger charge is 2.57. The van der Waals surface area contributed by atoms with E-state index in [-0.39, 0.29) is 12.3 Å². The molecule has 0 aliphatic heterocycles. The van der Waals surface area contributed by atoms with E-state index in [9.17, 15) is 13.2 Å². The van der Waals surface area contributed by atoms with Crippen LogP contribution in [0, 0.1) is 0 Å². The standard InChI is InChI=1S/C14H18F3N/c1-3-18-13(14(15,16)17)9-8-10(2)11-6-4-5-7-12(11)13/h4-7,10,18H,3,8-9H2,1-2H3. The summed E-state index contributed by atoms with van der Waals surface area (Å²) in [6.07, 6.45) is -3.59. The van der Waals surface area contributed by atoms with Crippen molar-refractivity contribution in [1.82, 2.24) is 5.32 Å². The van der Waals surface area contributed by atoms with Crippen LogP contribution in [0.5, 0.6) is 0 Å². The Labute approximate surface area is 105 Å². The molecule has 1 nitrogen and oxygen atoms in total. The Hall–Kier alpha value is -1.03. The van der Waals surface area contributed by atoms with Crippen LogP contribution in [0.3, 0.4) is 0 Å². The Balaban J connectivity index is 2.59. The van der Waals surface area contributed by atoms with Gasteiger partial charge in [0, 0.05) is 0 Å². The predicted octanol–water partition coefficient (Wildman–Crippen LogP) is 3.95. The van der Waals surface area contributed by atoms with Crippen molar-refractivity contribution in [3.05, 3.63) is 35.4 Å². The molecule has 1 aromatic rings. The largest absolute Gasteiger partial charge is 0.410 e. The molecule has 1 aliphatic rings. The number of halogens is 3. The van der Waals surface area contributed by atoms with E-state index < -0.39 is 11.7 Å². The molecule has 1 N–H and O–H groups in total. The molecule has 2 unspecified atom stereocenters. The summed E-state index contributed by atoms with van der Waals surface area (Å²) < 4.78 is 40.6. The first-order chi connectivity index (χ1) is 8.42. The highest BCUT2D eigenvalue weighted by molar-refractivity contribution is 5.40. The number of rotatable bonds is 2. The van der Waals surface area contributed by atoms with Crippen LogP contribution in [0.4, 0.5) is 13.2 Å². The fourth-order valence-corrected chi connectivity index (χ4v) is 2.92. The van der Waals surface area contributed by atoms with Gasteiger partial charge in [-0.15, -0.1) is 0 Å². The third kappa shape index (κ3) is 1.92. The lowest BCUT2D eigenvalue weighted by Crippen LogP contribution is -2.55. The van der Waals surface area contributed by atoms with Gasteiger partial charge in [0.05, 0.1) is 0 Å². The van der Waals surface area contributed by atoms with Gasteiger partial charge in [0.15, 0.2) is 0 Å². The van der Waals surface area contributed by atoms with E-state index in [4.69, 9.17) is 0 Å². The van der Waals surface area contributed by atoms with E-state index in [0.717, 1.165) is 5.56 Å². The van der Waals surface area contributed by atoms with Gasteiger partial charge in [0.2, 0.25) is 0 Å². The summed E-state index contributed by atoms with van der Waals surface area (Å²) in [6.45, 7) is 4.02. The smallest absolute Gasteiger partial charge is 0.300 e. The second-order valence-corrected chi connectivity index (χ2v) is 4.96. The van der Waals surface area contributed by atoms with E-state index in [1.54, 1.807) is 19.1 Å². The average Bonchev–Trinajstić information content (AvgIpc) is 2.32. The number of hydrogen-bond acceptors (Lipinski definition) is 1. The van der Waals surface area contributed by atoms with Crippen LogP contribution in [-0.2, 0) is 5.54 Å². The molecule has 0 saturated carbocycles. The van der Waals surface area contributed by atoms with E-state index >= 15 is 0 Å². The minimum atomic E-state index is -4.26. The minimum Gasteiger partial charge on any atom is -0.300 e. The highest BCUT2D eigenvalue weighted by atomic mass is 19.4. The SMILES string of the molecule is CCNC1(C(F)(F)F)CCC(C)c2ccccc21. The van der Waals surface area contributed by atoms with Crippen LogP contribution in [-0.4, -0.2) is 12.7 Å². The number of alkyl halides is 3. The lowest BCUT2D eigenvalue weighted by atomic mass is 9.72. The topological polar surface area (TPSA) is 12.0 Å². The molecule has 0 bridgehead atoms. The van der Waals surface area contributed by atoms with Crippen LogP contribution < -0.4 is 5.32 Å². The molecular weight excluding hydrogens is 239 g/mol. The van der Waals surface area contributed by atoms with E-state index in [2.05, 4.69) is 5.32 Å². The number of fused-ring (bicyclic) bond motifs is 1. The molecule has 2 atom stereocenters. The number of nitrogens with one attached hydrogen (secondary N) is 1. The molecule has 18 heavy (non-hydrogen) atoms. The Kier molecular flexibility index (Phi) is 3.41. The maximum Gasteiger partial charge on any atom is 0.410 e. The second-order valence-electron chi connectivity index (χ2n) is 4.96. The van der Waals surface area contributed by atoms with Gasteiger partial charge in [-0.25, -0.2) is 0 Å². The Morgan fingerprint density at radius 1 is 1.33 bits per heavy atom. The molecule has 100 valence electrons. The number of hydrogen-bond donors (Lipinski definition) is 1. The fraction of sp³-hybridized carbons (Fsp3) is 0.571. The average molecular weight is 257 g/mol. The second kappa shape index (κ2) is 4.57. The van der Waals surface area contributed by atoms with Crippen LogP contribution in [0.15, 0.2) is 24.3 Å². The van der Waals surface area contributed by atoms with Crippen molar-refractivity contribution < 1.29 is 13.2 Å². The molecule has 0 radical (unpaired) electrons.